The lowest BCUT2D eigenvalue weighted by molar-refractivity contribution is 0.0692. The maximum absolute atomic E-state index is 10.6. The highest BCUT2D eigenvalue weighted by atomic mass is 16.4. The van der Waals surface area contributed by atoms with E-state index in [0.29, 0.717) is 17.5 Å². The van der Waals surface area contributed by atoms with Crippen LogP contribution in [-0.2, 0) is 0 Å². The number of hydrogen-bond donors (Lipinski definition) is 2. The minimum Gasteiger partial charge on any atom is -0.476 e. The summed E-state index contributed by atoms with van der Waals surface area (Å²) >= 11 is 0. The van der Waals surface area contributed by atoms with Gasteiger partial charge in [0, 0.05) is 5.39 Å². The smallest absolute Gasteiger partial charge is 0.357 e. The number of hydrogen-bond acceptors (Lipinski definition) is 4. The number of aliphatic imine (C=N–C) groups is 2. The molecule has 0 bridgehead atoms. The third-order valence-electron chi connectivity index (χ3n) is 5.30. The third kappa shape index (κ3) is 5.76. The monoisotopic (exact) mass is 368 g/mol. The fourth-order valence-corrected chi connectivity index (χ4v) is 3.74. The maximum atomic E-state index is 10.6. The van der Waals surface area contributed by atoms with Crippen molar-refractivity contribution in [3.8, 4) is 0 Å². The van der Waals surface area contributed by atoms with Crippen molar-refractivity contribution in [1.29, 1.82) is 0 Å². The lowest BCUT2D eigenvalue weighted by Gasteiger charge is -2.17. The Morgan fingerprint density at radius 2 is 1.52 bits per heavy atom. The van der Waals surface area contributed by atoms with Crippen LogP contribution in [-0.4, -0.2) is 39.4 Å². The molecule has 6 nitrogen and oxygen atoms in total. The summed E-state index contributed by atoms with van der Waals surface area (Å²) in [5, 5.41) is 15.6. The Kier molecular flexibility index (Phi) is 7.17. The number of carboxylic acids is 1. The quantitative estimate of drug-likeness (QED) is 0.740. The molecule has 144 valence electrons. The van der Waals surface area contributed by atoms with Gasteiger partial charge in [-0.05, 0) is 31.7 Å². The molecule has 2 aliphatic carbocycles. The van der Waals surface area contributed by atoms with Crippen molar-refractivity contribution < 1.29 is 9.90 Å². The molecule has 0 saturated heterocycles. The van der Waals surface area contributed by atoms with Gasteiger partial charge in [-0.2, -0.15) is 5.10 Å². The number of carbonyl (C=O) groups is 1. The molecule has 6 heteroatoms. The summed E-state index contributed by atoms with van der Waals surface area (Å²) in [6.07, 6.45) is 13.2. The number of para-hydroxylation sites is 1. The van der Waals surface area contributed by atoms with E-state index in [4.69, 9.17) is 5.11 Å². The number of benzene rings is 1. The zero-order valence-corrected chi connectivity index (χ0v) is 15.7. The molecular weight excluding hydrogens is 340 g/mol. The van der Waals surface area contributed by atoms with Crippen LogP contribution in [0.25, 0.3) is 10.9 Å². The molecule has 2 N–H and O–H groups in total. The van der Waals surface area contributed by atoms with Crippen LogP contribution < -0.4 is 0 Å². The highest BCUT2D eigenvalue weighted by Gasteiger charge is 2.13. The van der Waals surface area contributed by atoms with E-state index in [2.05, 4.69) is 26.2 Å². The van der Waals surface area contributed by atoms with Crippen LogP contribution >= 0.6 is 0 Å². The van der Waals surface area contributed by atoms with E-state index in [0.717, 1.165) is 5.52 Å². The van der Waals surface area contributed by atoms with E-state index in [-0.39, 0.29) is 5.69 Å². The van der Waals surface area contributed by atoms with E-state index < -0.39 is 5.97 Å². The molecule has 1 heterocycles. The largest absolute Gasteiger partial charge is 0.476 e. The average molecular weight is 368 g/mol. The zero-order chi connectivity index (χ0) is 18.9. The van der Waals surface area contributed by atoms with Gasteiger partial charge in [0.1, 0.15) is 0 Å². The van der Waals surface area contributed by atoms with Crippen LogP contribution in [0.15, 0.2) is 34.3 Å². The minimum atomic E-state index is -1.01. The number of aromatic amines is 1. The van der Waals surface area contributed by atoms with Gasteiger partial charge in [-0.15, -0.1) is 0 Å². The van der Waals surface area contributed by atoms with Crippen LogP contribution in [0.2, 0.25) is 0 Å². The predicted octanol–water partition coefficient (Wildman–Crippen LogP) is 5.09. The highest BCUT2D eigenvalue weighted by Crippen LogP contribution is 2.21. The van der Waals surface area contributed by atoms with Crippen molar-refractivity contribution in [3.05, 3.63) is 30.0 Å². The molecule has 1 aromatic carbocycles. The molecule has 1 aromatic heterocycles. The van der Waals surface area contributed by atoms with E-state index in [1.807, 2.05) is 6.07 Å². The van der Waals surface area contributed by atoms with Gasteiger partial charge >= 0.3 is 5.97 Å². The second-order valence-electron chi connectivity index (χ2n) is 7.36. The van der Waals surface area contributed by atoms with Crippen molar-refractivity contribution in [1.82, 2.24) is 10.2 Å². The summed E-state index contributed by atoms with van der Waals surface area (Å²) < 4.78 is 0. The molecule has 0 amide bonds. The first-order valence-electron chi connectivity index (χ1n) is 10.0. The van der Waals surface area contributed by atoms with Gasteiger partial charge in [0.05, 0.1) is 23.6 Å². The molecule has 2 aromatic rings. The Hall–Kier alpha value is -2.46. The van der Waals surface area contributed by atoms with Gasteiger partial charge in [-0.1, -0.05) is 56.7 Å². The van der Waals surface area contributed by atoms with Crippen LogP contribution in [0.4, 0.5) is 0 Å². The fourth-order valence-electron chi connectivity index (χ4n) is 3.74. The number of carboxylic acid groups (broad SMARTS) is 1. The molecule has 0 spiro atoms. The van der Waals surface area contributed by atoms with Gasteiger partial charge < -0.3 is 5.11 Å². The molecule has 2 aliphatic rings. The van der Waals surface area contributed by atoms with E-state index >= 15 is 0 Å². The Balaban J connectivity index is 0.000000159. The standard InChI is InChI=1S/C13H22N2.C8H6N2O2/c1-3-7-12(8-4-1)14-11-15-13-9-5-2-6-10-13;11-8(12)7-5-3-1-2-4-6(5)9-10-7/h12-13H,1-10H2;1-4H,(H,9,10)(H,11,12). The number of rotatable bonds is 3. The van der Waals surface area contributed by atoms with Crippen molar-refractivity contribution in [2.45, 2.75) is 76.3 Å². The second-order valence-corrected chi connectivity index (χ2v) is 7.36. The molecule has 0 radical (unpaired) electrons. The molecular formula is C21H28N4O2. The average Bonchev–Trinajstić information content (AvgIpc) is 3.15. The fraction of sp³-hybridized carbons (Fsp3) is 0.571. The Labute approximate surface area is 159 Å². The van der Waals surface area contributed by atoms with Crippen LogP contribution in [0, 0.1) is 0 Å². The zero-order valence-electron chi connectivity index (χ0n) is 15.7. The number of nitrogens with one attached hydrogen (secondary N) is 1. The summed E-state index contributed by atoms with van der Waals surface area (Å²) in [6.45, 7) is 0. The SMILES string of the molecule is C(=NC1CCCCC1)=NC1CCCCC1.O=C(O)c1n[nH]c2ccccc12. The molecule has 0 unspecified atom stereocenters. The summed E-state index contributed by atoms with van der Waals surface area (Å²) in [4.78, 5) is 19.5. The summed E-state index contributed by atoms with van der Waals surface area (Å²) in [7, 11) is 0. The number of aromatic carboxylic acids is 1. The maximum Gasteiger partial charge on any atom is 0.357 e. The highest BCUT2D eigenvalue weighted by molar-refractivity contribution is 6.00. The summed E-state index contributed by atoms with van der Waals surface area (Å²) in [5.41, 5.74) is 0.820. The summed E-state index contributed by atoms with van der Waals surface area (Å²) in [6, 6.07) is 11.2. The van der Waals surface area contributed by atoms with Gasteiger partial charge in [0.15, 0.2) is 5.69 Å². The normalized spacial score (nSPS) is 18.2. The third-order valence-corrected chi connectivity index (χ3v) is 5.30. The second kappa shape index (κ2) is 10.0. The molecule has 2 fully saturated rings. The first-order valence-corrected chi connectivity index (χ1v) is 10.0. The van der Waals surface area contributed by atoms with E-state index in [9.17, 15) is 4.79 Å². The first-order chi connectivity index (χ1) is 13.2. The Morgan fingerprint density at radius 1 is 0.963 bits per heavy atom. The van der Waals surface area contributed by atoms with Crippen LogP contribution in [0.3, 0.4) is 0 Å². The molecule has 27 heavy (non-hydrogen) atoms. The van der Waals surface area contributed by atoms with E-state index in [1.54, 1.807) is 18.2 Å². The number of aromatic nitrogens is 2. The van der Waals surface area contributed by atoms with Crippen molar-refractivity contribution in [3.63, 3.8) is 0 Å². The number of nitrogens with zero attached hydrogens (tertiary/aromatic N) is 3. The Morgan fingerprint density at radius 3 is 2.07 bits per heavy atom. The molecule has 4 rings (SSSR count). The van der Waals surface area contributed by atoms with Crippen LogP contribution in [0.1, 0.15) is 74.7 Å². The Bertz CT molecular complexity index is 773. The molecule has 2 saturated carbocycles. The van der Waals surface area contributed by atoms with Crippen molar-refractivity contribution >= 4 is 22.9 Å². The van der Waals surface area contributed by atoms with Gasteiger partial charge in [0.25, 0.3) is 0 Å². The lowest BCUT2D eigenvalue weighted by atomic mass is 9.96. The van der Waals surface area contributed by atoms with Gasteiger partial charge in [-0.25, -0.2) is 14.8 Å². The van der Waals surface area contributed by atoms with Crippen molar-refractivity contribution in [2.24, 2.45) is 9.98 Å². The predicted molar refractivity (Wildman–Crippen MR) is 107 cm³/mol. The van der Waals surface area contributed by atoms with Gasteiger partial charge in [0.2, 0.25) is 0 Å². The molecule has 0 atom stereocenters. The van der Waals surface area contributed by atoms with Gasteiger partial charge in [-0.3, -0.25) is 5.10 Å². The van der Waals surface area contributed by atoms with Crippen LogP contribution in [0.5, 0.6) is 0 Å². The number of fused-ring (bicyclic) bond motifs is 1. The molecule has 0 aliphatic heterocycles. The van der Waals surface area contributed by atoms with Crippen molar-refractivity contribution in [2.75, 3.05) is 0 Å². The summed E-state index contributed by atoms with van der Waals surface area (Å²) in [5.74, 6) is -1.01. The minimum absolute atomic E-state index is 0.0746. The first kappa shape index (κ1) is 19.3. The van der Waals surface area contributed by atoms with E-state index in [1.165, 1.54) is 64.2 Å². The lowest BCUT2D eigenvalue weighted by Crippen LogP contribution is -2.10. The topological polar surface area (TPSA) is 90.7 Å². The number of H-pyrrole nitrogens is 1.